The first-order valence-electron chi connectivity index (χ1n) is 6.19. The molecule has 0 radical (unpaired) electrons. The van der Waals surface area contributed by atoms with Gasteiger partial charge in [-0.3, -0.25) is 14.4 Å². The quantitative estimate of drug-likeness (QED) is 0.828. The van der Waals surface area contributed by atoms with Crippen molar-refractivity contribution < 1.29 is 24.3 Å². The molecule has 0 spiro atoms. The lowest BCUT2D eigenvalue weighted by Crippen LogP contribution is -2.47. The van der Waals surface area contributed by atoms with Crippen LogP contribution in [0.3, 0.4) is 0 Å². The van der Waals surface area contributed by atoms with Crippen molar-refractivity contribution in [1.82, 2.24) is 0 Å². The highest BCUT2D eigenvalue weighted by Gasteiger charge is 2.41. The van der Waals surface area contributed by atoms with E-state index in [2.05, 4.69) is 0 Å². The van der Waals surface area contributed by atoms with Crippen LogP contribution in [-0.2, 0) is 14.4 Å². The topological polar surface area (TPSA) is 91.8 Å². The highest BCUT2D eigenvalue weighted by Crippen LogP contribution is 2.23. The summed E-state index contributed by atoms with van der Waals surface area (Å²) in [4.78, 5) is 47.5. The average molecular weight is 275 g/mol. The fourth-order valence-electron chi connectivity index (χ4n) is 2.22. The lowest BCUT2D eigenvalue weighted by Gasteiger charge is -2.24. The van der Waals surface area contributed by atoms with Gasteiger partial charge in [-0.25, -0.2) is 9.69 Å². The normalized spacial score (nSPS) is 16.0. The van der Waals surface area contributed by atoms with Crippen molar-refractivity contribution in [1.29, 1.82) is 0 Å². The summed E-state index contributed by atoms with van der Waals surface area (Å²) in [7, 11) is 0. The van der Waals surface area contributed by atoms with E-state index in [9.17, 15) is 24.3 Å². The summed E-state index contributed by atoms with van der Waals surface area (Å²) in [5.41, 5.74) is 0.121. The second kappa shape index (κ2) is 5.64. The molecule has 0 bridgehead atoms. The number of anilines is 1. The Hall–Kier alpha value is -2.50. The maximum Gasteiger partial charge on any atom is 0.418 e. The summed E-state index contributed by atoms with van der Waals surface area (Å²) in [6.07, 6.45) is -0.832. The van der Waals surface area contributed by atoms with E-state index in [1.165, 1.54) is 12.1 Å². The van der Waals surface area contributed by atoms with Gasteiger partial charge in [-0.2, -0.15) is 0 Å². The summed E-state index contributed by atoms with van der Waals surface area (Å²) in [5.74, 6) is -3.49. The summed E-state index contributed by atoms with van der Waals surface area (Å²) in [5, 5.41) is 9.18. The molecule has 6 heteroatoms. The largest absolute Gasteiger partial charge is 0.464 e. The van der Waals surface area contributed by atoms with Gasteiger partial charge in [0.05, 0.1) is 5.69 Å². The van der Waals surface area contributed by atoms with E-state index >= 15 is 0 Å². The number of imide groups is 1. The highest BCUT2D eigenvalue weighted by atomic mass is 16.4. The second-order valence-electron chi connectivity index (χ2n) is 4.51. The zero-order chi connectivity index (χ0) is 14.7. The number of carbonyl (C=O) groups is 4. The number of carboxylic acid groups (broad SMARTS) is 1. The Morgan fingerprint density at radius 1 is 1.05 bits per heavy atom. The molecular formula is C14H13NO5. The molecule has 2 amide bonds. The molecule has 1 aromatic rings. The maximum absolute atomic E-state index is 12.3. The first-order valence-corrected chi connectivity index (χ1v) is 6.19. The first-order chi connectivity index (χ1) is 9.52. The van der Waals surface area contributed by atoms with Crippen molar-refractivity contribution >= 4 is 29.3 Å². The molecule has 104 valence electrons. The van der Waals surface area contributed by atoms with Crippen LogP contribution in [0.4, 0.5) is 10.5 Å². The third-order valence-electron chi connectivity index (χ3n) is 3.16. The third-order valence-corrected chi connectivity index (χ3v) is 3.16. The van der Waals surface area contributed by atoms with E-state index in [1.807, 2.05) is 0 Å². The first kappa shape index (κ1) is 13.9. The molecule has 1 aliphatic rings. The SMILES string of the molecule is O=C1CCCC(=O)C1C(=O)N(C(=O)O)c1ccccc1. The Balaban J connectivity index is 2.35. The monoisotopic (exact) mass is 275 g/mol. The highest BCUT2D eigenvalue weighted by molar-refractivity contribution is 6.28. The third kappa shape index (κ3) is 2.59. The van der Waals surface area contributed by atoms with Crippen LogP contribution in [0.2, 0.25) is 0 Å². The lowest BCUT2D eigenvalue weighted by atomic mass is 9.85. The summed E-state index contributed by atoms with van der Waals surface area (Å²) >= 11 is 0. The van der Waals surface area contributed by atoms with Gasteiger partial charge >= 0.3 is 6.09 Å². The fraction of sp³-hybridized carbons (Fsp3) is 0.286. The van der Waals surface area contributed by atoms with Gasteiger partial charge in [0.2, 0.25) is 0 Å². The average Bonchev–Trinajstić information content (AvgIpc) is 2.39. The molecule has 0 aliphatic heterocycles. The molecule has 20 heavy (non-hydrogen) atoms. The van der Waals surface area contributed by atoms with Crippen LogP contribution in [0.5, 0.6) is 0 Å². The van der Waals surface area contributed by atoms with Gasteiger partial charge in [-0.1, -0.05) is 18.2 Å². The Labute approximate surface area is 115 Å². The van der Waals surface area contributed by atoms with Crippen molar-refractivity contribution in [2.75, 3.05) is 4.90 Å². The minimum Gasteiger partial charge on any atom is -0.464 e. The van der Waals surface area contributed by atoms with E-state index in [-0.39, 0.29) is 18.5 Å². The minimum absolute atomic E-state index is 0.121. The molecule has 1 N–H and O–H groups in total. The molecule has 0 atom stereocenters. The number of benzene rings is 1. The van der Waals surface area contributed by atoms with Crippen LogP contribution in [0, 0.1) is 5.92 Å². The Morgan fingerprint density at radius 2 is 1.60 bits per heavy atom. The fourth-order valence-corrected chi connectivity index (χ4v) is 2.22. The van der Waals surface area contributed by atoms with E-state index in [0.29, 0.717) is 11.3 Å². The molecule has 1 aliphatic carbocycles. The Bertz CT molecular complexity index is 550. The molecule has 0 saturated heterocycles. The standard InChI is InChI=1S/C14H13NO5/c16-10-7-4-8-11(17)12(10)13(18)15(14(19)20)9-5-2-1-3-6-9/h1-3,5-6,12H,4,7-8H2,(H,19,20). The zero-order valence-corrected chi connectivity index (χ0v) is 10.6. The predicted molar refractivity (Wildman–Crippen MR) is 69.3 cm³/mol. The van der Waals surface area contributed by atoms with E-state index < -0.39 is 29.5 Å². The zero-order valence-electron chi connectivity index (χ0n) is 10.6. The molecule has 0 aromatic heterocycles. The number of hydrogen-bond acceptors (Lipinski definition) is 4. The van der Waals surface area contributed by atoms with Crippen LogP contribution in [0.25, 0.3) is 0 Å². The Morgan fingerprint density at radius 3 is 2.10 bits per heavy atom. The molecule has 1 saturated carbocycles. The van der Waals surface area contributed by atoms with Crippen molar-refractivity contribution in [2.45, 2.75) is 19.3 Å². The van der Waals surface area contributed by atoms with Crippen LogP contribution < -0.4 is 4.90 Å². The number of nitrogens with zero attached hydrogens (tertiary/aromatic N) is 1. The van der Waals surface area contributed by atoms with Gasteiger partial charge in [0.1, 0.15) is 0 Å². The number of ketones is 2. The molecule has 2 rings (SSSR count). The lowest BCUT2D eigenvalue weighted by molar-refractivity contribution is -0.141. The van der Waals surface area contributed by atoms with Crippen molar-refractivity contribution in [3.63, 3.8) is 0 Å². The summed E-state index contributed by atoms with van der Waals surface area (Å²) < 4.78 is 0. The second-order valence-corrected chi connectivity index (χ2v) is 4.51. The van der Waals surface area contributed by atoms with E-state index in [4.69, 9.17) is 0 Å². The van der Waals surface area contributed by atoms with Crippen LogP contribution in [-0.4, -0.2) is 28.7 Å². The smallest absolute Gasteiger partial charge is 0.418 e. The van der Waals surface area contributed by atoms with Crippen LogP contribution in [0.1, 0.15) is 19.3 Å². The Kier molecular flexibility index (Phi) is 3.93. The van der Waals surface area contributed by atoms with Crippen LogP contribution >= 0.6 is 0 Å². The van der Waals surface area contributed by atoms with Crippen LogP contribution in [0.15, 0.2) is 30.3 Å². The number of para-hydroxylation sites is 1. The van der Waals surface area contributed by atoms with E-state index in [1.54, 1.807) is 18.2 Å². The molecule has 1 aromatic carbocycles. The molecule has 0 heterocycles. The van der Waals surface area contributed by atoms with Gasteiger partial charge < -0.3 is 5.11 Å². The van der Waals surface area contributed by atoms with Crippen molar-refractivity contribution in [3.8, 4) is 0 Å². The van der Waals surface area contributed by atoms with E-state index in [0.717, 1.165) is 0 Å². The number of amides is 2. The summed E-state index contributed by atoms with van der Waals surface area (Å²) in [6.45, 7) is 0. The number of Topliss-reactive ketones (excluding diaryl/α,β-unsaturated/α-hetero) is 2. The number of hydrogen-bond donors (Lipinski definition) is 1. The van der Waals surface area contributed by atoms with Gasteiger partial charge in [0.15, 0.2) is 17.5 Å². The molecule has 0 unspecified atom stereocenters. The molecule has 1 fully saturated rings. The number of rotatable bonds is 2. The van der Waals surface area contributed by atoms with Gasteiger partial charge in [-0.05, 0) is 18.6 Å². The predicted octanol–water partition coefficient (Wildman–Crippen LogP) is 1.64. The van der Waals surface area contributed by atoms with Gasteiger partial charge in [-0.15, -0.1) is 0 Å². The van der Waals surface area contributed by atoms with Gasteiger partial charge in [0.25, 0.3) is 5.91 Å². The summed E-state index contributed by atoms with van der Waals surface area (Å²) in [6, 6.07) is 7.69. The van der Waals surface area contributed by atoms with Crippen molar-refractivity contribution in [3.05, 3.63) is 30.3 Å². The van der Waals surface area contributed by atoms with Crippen molar-refractivity contribution in [2.24, 2.45) is 5.92 Å². The molecule has 6 nitrogen and oxygen atoms in total. The minimum atomic E-state index is -1.51. The molecular weight excluding hydrogens is 262 g/mol. The van der Waals surface area contributed by atoms with Gasteiger partial charge in [0, 0.05) is 12.8 Å². The maximum atomic E-state index is 12.3. The number of carbonyl (C=O) groups excluding carboxylic acids is 3.